The van der Waals surface area contributed by atoms with Crippen LogP contribution in [0.25, 0.3) is 0 Å². The zero-order valence-electron chi connectivity index (χ0n) is 17.1. The van der Waals surface area contributed by atoms with Crippen LogP contribution in [-0.2, 0) is 6.54 Å². The molecule has 8 nitrogen and oxygen atoms in total. The van der Waals surface area contributed by atoms with Crippen LogP contribution in [0.4, 0.5) is 0 Å². The zero-order chi connectivity index (χ0) is 19.6. The number of aryl methyl sites for hydroxylation is 1. The molecule has 0 aliphatic carbocycles. The normalized spacial score (nSPS) is 12.1. The zero-order valence-corrected chi connectivity index (χ0v) is 19.4. The molecule has 0 radical (unpaired) electrons. The van der Waals surface area contributed by atoms with Gasteiger partial charge >= 0.3 is 0 Å². The van der Waals surface area contributed by atoms with Crippen molar-refractivity contribution in [3.8, 4) is 11.5 Å². The highest BCUT2D eigenvalue weighted by Gasteiger charge is 2.13. The first-order valence-corrected chi connectivity index (χ1v) is 9.30. The number of aliphatic imine (C=N–C) groups is 1. The number of guanidine groups is 1. The number of nitrogens with zero attached hydrogens (tertiary/aromatic N) is 3. The summed E-state index contributed by atoms with van der Waals surface area (Å²) in [5.41, 5.74) is 1.07. The summed E-state index contributed by atoms with van der Waals surface area (Å²) in [5.74, 6) is 3.26. The largest absolute Gasteiger partial charge is 0.490 e. The van der Waals surface area contributed by atoms with Gasteiger partial charge in [-0.25, -0.2) is 4.99 Å². The Morgan fingerprint density at radius 3 is 2.50 bits per heavy atom. The second-order valence-corrected chi connectivity index (χ2v) is 5.87. The average molecular weight is 503 g/mol. The Morgan fingerprint density at radius 2 is 1.89 bits per heavy atom. The maximum Gasteiger partial charge on any atom is 0.248 e. The lowest BCUT2D eigenvalue weighted by Gasteiger charge is -2.20. The minimum atomic E-state index is 0. The molecule has 0 saturated carbocycles. The number of halogens is 1. The van der Waals surface area contributed by atoms with E-state index in [-0.39, 0.29) is 30.0 Å². The standard InChI is InChI=1S/C19H29N5O3.HI/c1-6-20-19(21-12-18-23-14(5)24-27-18)22-13(4)15-9-10-16(25-7-2)17(11-15)26-8-3;/h9-11,13H,6-8,12H2,1-5H3,(H2,20,21,22);1H. The molecule has 0 spiro atoms. The van der Waals surface area contributed by atoms with Gasteiger partial charge in [-0.15, -0.1) is 24.0 Å². The molecule has 2 aromatic rings. The molecule has 2 rings (SSSR count). The highest BCUT2D eigenvalue weighted by Crippen LogP contribution is 2.30. The quantitative estimate of drug-likeness (QED) is 0.307. The highest BCUT2D eigenvalue weighted by molar-refractivity contribution is 14.0. The van der Waals surface area contributed by atoms with E-state index in [9.17, 15) is 0 Å². The van der Waals surface area contributed by atoms with Crippen LogP contribution in [0.3, 0.4) is 0 Å². The maximum absolute atomic E-state index is 5.71. The molecule has 0 aliphatic rings. The molecule has 0 fully saturated rings. The molecule has 0 saturated heterocycles. The summed E-state index contributed by atoms with van der Waals surface area (Å²) in [7, 11) is 0. The molecule has 1 heterocycles. The second kappa shape index (κ2) is 12.4. The fourth-order valence-corrected chi connectivity index (χ4v) is 2.50. The van der Waals surface area contributed by atoms with Crippen LogP contribution >= 0.6 is 24.0 Å². The number of hydrogen-bond donors (Lipinski definition) is 2. The van der Waals surface area contributed by atoms with Crippen LogP contribution in [-0.4, -0.2) is 35.9 Å². The van der Waals surface area contributed by atoms with E-state index in [1.807, 2.05) is 39.0 Å². The van der Waals surface area contributed by atoms with E-state index < -0.39 is 0 Å². The van der Waals surface area contributed by atoms with Gasteiger partial charge in [0.1, 0.15) is 6.54 Å². The van der Waals surface area contributed by atoms with Crippen molar-refractivity contribution in [1.29, 1.82) is 0 Å². The molecule has 1 aromatic heterocycles. The smallest absolute Gasteiger partial charge is 0.248 e. The lowest BCUT2D eigenvalue weighted by Crippen LogP contribution is -2.38. The molecule has 156 valence electrons. The van der Waals surface area contributed by atoms with Crippen molar-refractivity contribution < 1.29 is 14.0 Å². The predicted molar refractivity (Wildman–Crippen MR) is 120 cm³/mol. The fraction of sp³-hybridized carbons (Fsp3) is 0.526. The van der Waals surface area contributed by atoms with Crippen LogP contribution in [0.5, 0.6) is 11.5 Å². The number of aromatic nitrogens is 2. The van der Waals surface area contributed by atoms with Gasteiger partial charge in [0, 0.05) is 6.54 Å². The fourth-order valence-electron chi connectivity index (χ4n) is 2.50. The SMILES string of the molecule is CCNC(=NCc1nc(C)no1)NC(C)c1ccc(OCC)c(OCC)c1.I. The van der Waals surface area contributed by atoms with Crippen molar-refractivity contribution in [2.75, 3.05) is 19.8 Å². The van der Waals surface area contributed by atoms with Crippen molar-refractivity contribution in [2.45, 2.75) is 47.2 Å². The predicted octanol–water partition coefficient (Wildman–Crippen LogP) is 3.61. The average Bonchev–Trinajstić information content (AvgIpc) is 3.07. The molecule has 0 bridgehead atoms. The molecule has 1 unspecified atom stereocenters. The Bertz CT molecular complexity index is 751. The first kappa shape index (κ1) is 24.0. The molecular weight excluding hydrogens is 473 g/mol. The van der Waals surface area contributed by atoms with Gasteiger partial charge in [-0.3, -0.25) is 0 Å². The van der Waals surface area contributed by atoms with E-state index in [1.54, 1.807) is 6.92 Å². The summed E-state index contributed by atoms with van der Waals surface area (Å²) in [4.78, 5) is 8.68. The van der Waals surface area contributed by atoms with E-state index in [0.717, 1.165) is 23.6 Å². The van der Waals surface area contributed by atoms with Crippen molar-refractivity contribution in [2.24, 2.45) is 4.99 Å². The topological polar surface area (TPSA) is 93.8 Å². The Labute approximate surface area is 183 Å². The van der Waals surface area contributed by atoms with Crippen LogP contribution in [0.15, 0.2) is 27.7 Å². The van der Waals surface area contributed by atoms with Gasteiger partial charge in [0.2, 0.25) is 5.89 Å². The van der Waals surface area contributed by atoms with Gasteiger partial charge in [-0.2, -0.15) is 4.98 Å². The summed E-state index contributed by atoms with van der Waals surface area (Å²) < 4.78 is 16.5. The van der Waals surface area contributed by atoms with Gasteiger partial charge < -0.3 is 24.6 Å². The number of rotatable bonds is 9. The van der Waals surface area contributed by atoms with Crippen LogP contribution in [0, 0.1) is 6.92 Å². The van der Waals surface area contributed by atoms with Gasteiger partial charge in [0.15, 0.2) is 23.3 Å². The number of ether oxygens (including phenoxy) is 2. The molecule has 0 amide bonds. The molecule has 9 heteroatoms. The summed E-state index contributed by atoms with van der Waals surface area (Å²) in [5, 5.41) is 10.4. The maximum atomic E-state index is 5.71. The summed E-state index contributed by atoms with van der Waals surface area (Å²) in [6, 6.07) is 5.97. The van der Waals surface area contributed by atoms with E-state index in [2.05, 4.69) is 32.7 Å². The number of benzene rings is 1. The summed E-state index contributed by atoms with van der Waals surface area (Å²) >= 11 is 0. The first-order chi connectivity index (χ1) is 13.1. The van der Waals surface area contributed by atoms with Crippen molar-refractivity contribution >= 4 is 29.9 Å². The molecule has 1 aromatic carbocycles. The second-order valence-electron chi connectivity index (χ2n) is 5.87. The number of nitrogens with one attached hydrogen (secondary N) is 2. The van der Waals surface area contributed by atoms with Crippen molar-refractivity contribution in [1.82, 2.24) is 20.8 Å². The summed E-state index contributed by atoms with van der Waals surface area (Å²) in [6.07, 6.45) is 0. The third kappa shape index (κ3) is 7.17. The molecule has 0 aliphatic heterocycles. The van der Waals surface area contributed by atoms with Gasteiger partial charge in [-0.05, 0) is 52.3 Å². The molecule has 28 heavy (non-hydrogen) atoms. The Kier molecular flexibility index (Phi) is 10.6. The third-order valence-corrected chi connectivity index (χ3v) is 3.71. The van der Waals surface area contributed by atoms with Crippen LogP contribution in [0.1, 0.15) is 51.0 Å². The Balaban J connectivity index is 0.00000392. The lowest BCUT2D eigenvalue weighted by atomic mass is 10.1. The van der Waals surface area contributed by atoms with E-state index in [0.29, 0.717) is 37.4 Å². The minimum Gasteiger partial charge on any atom is -0.490 e. The van der Waals surface area contributed by atoms with Crippen LogP contribution < -0.4 is 20.1 Å². The van der Waals surface area contributed by atoms with Gasteiger partial charge in [0.25, 0.3) is 0 Å². The van der Waals surface area contributed by atoms with Crippen LogP contribution in [0.2, 0.25) is 0 Å². The van der Waals surface area contributed by atoms with Crippen molar-refractivity contribution in [3.05, 3.63) is 35.5 Å². The molecular formula is C19H30IN5O3. The molecule has 2 N–H and O–H groups in total. The summed E-state index contributed by atoms with van der Waals surface area (Å²) in [6.45, 7) is 12.0. The van der Waals surface area contributed by atoms with E-state index in [4.69, 9.17) is 14.0 Å². The Morgan fingerprint density at radius 1 is 1.18 bits per heavy atom. The minimum absolute atomic E-state index is 0. The highest BCUT2D eigenvalue weighted by atomic mass is 127. The molecule has 1 atom stereocenters. The van der Waals surface area contributed by atoms with E-state index >= 15 is 0 Å². The van der Waals surface area contributed by atoms with E-state index in [1.165, 1.54) is 0 Å². The third-order valence-electron chi connectivity index (χ3n) is 3.71. The van der Waals surface area contributed by atoms with Gasteiger partial charge in [-0.1, -0.05) is 11.2 Å². The van der Waals surface area contributed by atoms with Crippen molar-refractivity contribution in [3.63, 3.8) is 0 Å². The van der Waals surface area contributed by atoms with Gasteiger partial charge in [0.05, 0.1) is 19.3 Å². The monoisotopic (exact) mass is 503 g/mol. The number of hydrogen-bond acceptors (Lipinski definition) is 6. The lowest BCUT2D eigenvalue weighted by molar-refractivity contribution is 0.287. The first-order valence-electron chi connectivity index (χ1n) is 9.30. The Hall–Kier alpha value is -2.04.